The number of nitrogens with zero attached hydrogens (tertiary/aromatic N) is 3. The summed E-state index contributed by atoms with van der Waals surface area (Å²) in [5.41, 5.74) is 1.20. The van der Waals surface area contributed by atoms with Crippen molar-refractivity contribution in [3.63, 3.8) is 0 Å². The third-order valence-corrected chi connectivity index (χ3v) is 3.30. The Morgan fingerprint density at radius 3 is 2.90 bits per heavy atom. The molecule has 3 rings (SSSR count). The van der Waals surface area contributed by atoms with Gasteiger partial charge < -0.3 is 9.72 Å². The zero-order valence-electron chi connectivity index (χ0n) is 10.2. The summed E-state index contributed by atoms with van der Waals surface area (Å²) >= 11 is 11.0. The van der Waals surface area contributed by atoms with Crippen molar-refractivity contribution in [3.05, 3.63) is 40.1 Å². The Morgan fingerprint density at radius 1 is 1.40 bits per heavy atom. The van der Waals surface area contributed by atoms with E-state index >= 15 is 0 Å². The molecule has 0 atom stereocenters. The van der Waals surface area contributed by atoms with Gasteiger partial charge in [-0.3, -0.25) is 4.57 Å². The fourth-order valence-corrected chi connectivity index (χ4v) is 2.39. The van der Waals surface area contributed by atoms with E-state index in [4.69, 9.17) is 28.6 Å². The van der Waals surface area contributed by atoms with Crippen LogP contribution in [0.4, 0.5) is 4.39 Å². The van der Waals surface area contributed by atoms with Crippen LogP contribution < -0.4 is 4.74 Å². The van der Waals surface area contributed by atoms with Crippen molar-refractivity contribution in [3.8, 4) is 11.6 Å². The molecule has 8 heteroatoms. The van der Waals surface area contributed by atoms with E-state index in [1.807, 2.05) is 0 Å². The molecule has 0 saturated heterocycles. The Hall–Kier alpha value is -1.99. The standard InChI is InChI=1S/C12H8ClFN4OS/c1-19-11-9-10(15-5-16-11)18(12(20)17-9)8-3-2-6(13)4-7(8)14/h2-5H,1H3,(H,17,20). The molecule has 2 aromatic heterocycles. The van der Waals surface area contributed by atoms with Crippen LogP contribution in [0, 0.1) is 10.6 Å². The second-order valence-electron chi connectivity index (χ2n) is 3.94. The quantitative estimate of drug-likeness (QED) is 0.738. The second kappa shape index (κ2) is 4.84. The number of imidazole rings is 1. The van der Waals surface area contributed by atoms with Gasteiger partial charge in [0.15, 0.2) is 10.4 Å². The van der Waals surface area contributed by atoms with E-state index in [0.29, 0.717) is 26.8 Å². The highest BCUT2D eigenvalue weighted by atomic mass is 35.5. The van der Waals surface area contributed by atoms with Gasteiger partial charge in [0.1, 0.15) is 17.7 Å². The molecule has 2 heterocycles. The van der Waals surface area contributed by atoms with Crippen LogP contribution in [0.1, 0.15) is 0 Å². The van der Waals surface area contributed by atoms with Crippen LogP contribution in [0.15, 0.2) is 24.5 Å². The first kappa shape index (κ1) is 13.0. The number of aromatic amines is 1. The van der Waals surface area contributed by atoms with Gasteiger partial charge in [0.05, 0.1) is 12.8 Å². The Balaban J connectivity index is 2.37. The lowest BCUT2D eigenvalue weighted by Gasteiger charge is -2.06. The van der Waals surface area contributed by atoms with Crippen molar-refractivity contribution in [2.75, 3.05) is 7.11 Å². The molecule has 0 aliphatic rings. The zero-order valence-corrected chi connectivity index (χ0v) is 11.8. The van der Waals surface area contributed by atoms with Crippen LogP contribution in [0.25, 0.3) is 16.9 Å². The molecule has 3 aromatic rings. The molecule has 0 aliphatic carbocycles. The summed E-state index contributed by atoms with van der Waals surface area (Å²) in [7, 11) is 1.48. The summed E-state index contributed by atoms with van der Waals surface area (Å²) in [4.78, 5) is 11.0. The van der Waals surface area contributed by atoms with Gasteiger partial charge >= 0.3 is 0 Å². The summed E-state index contributed by atoms with van der Waals surface area (Å²) in [5.74, 6) is -0.152. The number of rotatable bonds is 2. The Morgan fingerprint density at radius 2 is 2.20 bits per heavy atom. The molecule has 0 fully saturated rings. The van der Waals surface area contributed by atoms with Crippen LogP contribution >= 0.6 is 23.8 Å². The molecule has 20 heavy (non-hydrogen) atoms. The molecule has 0 unspecified atom stereocenters. The molecular weight excluding hydrogens is 303 g/mol. The highest BCUT2D eigenvalue weighted by molar-refractivity contribution is 7.71. The minimum atomic E-state index is -0.493. The lowest BCUT2D eigenvalue weighted by Crippen LogP contribution is -1.99. The van der Waals surface area contributed by atoms with E-state index in [1.54, 1.807) is 6.07 Å². The molecule has 5 nitrogen and oxygen atoms in total. The minimum Gasteiger partial charge on any atom is -0.479 e. The summed E-state index contributed by atoms with van der Waals surface area (Å²) in [6.45, 7) is 0. The first-order valence-corrected chi connectivity index (χ1v) is 6.35. The van der Waals surface area contributed by atoms with Gasteiger partial charge in [0, 0.05) is 5.02 Å². The molecule has 0 spiro atoms. The monoisotopic (exact) mass is 310 g/mol. The van der Waals surface area contributed by atoms with Crippen molar-refractivity contribution >= 4 is 35.0 Å². The van der Waals surface area contributed by atoms with Gasteiger partial charge in [0.2, 0.25) is 5.88 Å². The third kappa shape index (κ3) is 1.95. The van der Waals surface area contributed by atoms with Crippen molar-refractivity contribution in [1.82, 2.24) is 19.5 Å². The molecular formula is C12H8ClFN4OS. The van der Waals surface area contributed by atoms with E-state index in [-0.39, 0.29) is 5.69 Å². The molecule has 0 aliphatic heterocycles. The van der Waals surface area contributed by atoms with Gasteiger partial charge in [-0.1, -0.05) is 11.6 Å². The fraction of sp³-hybridized carbons (Fsp3) is 0.0833. The first-order valence-electron chi connectivity index (χ1n) is 5.57. The van der Waals surface area contributed by atoms with Gasteiger partial charge in [-0.05, 0) is 30.4 Å². The van der Waals surface area contributed by atoms with Crippen LogP contribution in [-0.4, -0.2) is 26.6 Å². The Bertz CT molecular complexity index is 860. The van der Waals surface area contributed by atoms with E-state index in [1.165, 1.54) is 30.1 Å². The number of hydrogen-bond donors (Lipinski definition) is 1. The Kier molecular flexibility index (Phi) is 3.15. The van der Waals surface area contributed by atoms with Crippen molar-refractivity contribution in [2.45, 2.75) is 0 Å². The van der Waals surface area contributed by atoms with Crippen LogP contribution in [-0.2, 0) is 0 Å². The smallest absolute Gasteiger partial charge is 0.242 e. The molecule has 102 valence electrons. The number of H-pyrrole nitrogens is 1. The molecule has 0 amide bonds. The lowest BCUT2D eigenvalue weighted by atomic mass is 10.3. The maximum Gasteiger partial charge on any atom is 0.242 e. The van der Waals surface area contributed by atoms with Gasteiger partial charge in [0.25, 0.3) is 0 Å². The highest BCUT2D eigenvalue weighted by Gasteiger charge is 2.15. The number of fused-ring (bicyclic) bond motifs is 1. The summed E-state index contributed by atoms with van der Waals surface area (Å²) in [6, 6.07) is 4.34. The predicted octanol–water partition coefficient (Wildman–Crippen LogP) is 3.28. The van der Waals surface area contributed by atoms with E-state index < -0.39 is 5.82 Å². The van der Waals surface area contributed by atoms with E-state index in [0.717, 1.165) is 0 Å². The van der Waals surface area contributed by atoms with Crippen molar-refractivity contribution in [1.29, 1.82) is 0 Å². The number of halogens is 2. The summed E-state index contributed by atoms with van der Waals surface area (Å²) in [5, 5.41) is 0.310. The average molecular weight is 311 g/mol. The van der Waals surface area contributed by atoms with Gasteiger partial charge in [-0.2, -0.15) is 4.98 Å². The Labute approximate surface area is 123 Å². The number of benzene rings is 1. The molecule has 1 N–H and O–H groups in total. The largest absolute Gasteiger partial charge is 0.479 e. The zero-order chi connectivity index (χ0) is 14.3. The molecule has 1 aromatic carbocycles. The van der Waals surface area contributed by atoms with Crippen molar-refractivity contribution in [2.24, 2.45) is 0 Å². The van der Waals surface area contributed by atoms with E-state index in [9.17, 15) is 4.39 Å². The number of ether oxygens (including phenoxy) is 1. The average Bonchev–Trinajstić information content (AvgIpc) is 2.75. The van der Waals surface area contributed by atoms with Crippen molar-refractivity contribution < 1.29 is 9.13 Å². The normalized spacial score (nSPS) is 10.9. The van der Waals surface area contributed by atoms with Crippen LogP contribution in [0.3, 0.4) is 0 Å². The minimum absolute atomic E-state index is 0.256. The molecule has 0 saturated carbocycles. The summed E-state index contributed by atoms with van der Waals surface area (Å²) in [6.07, 6.45) is 1.33. The number of nitrogens with one attached hydrogen (secondary N) is 1. The number of hydrogen-bond acceptors (Lipinski definition) is 4. The summed E-state index contributed by atoms with van der Waals surface area (Å²) < 4.78 is 21.0. The highest BCUT2D eigenvalue weighted by Crippen LogP contribution is 2.25. The topological polar surface area (TPSA) is 55.7 Å². The third-order valence-electron chi connectivity index (χ3n) is 2.78. The number of methoxy groups -OCH3 is 1. The maximum atomic E-state index is 14.1. The molecule has 0 radical (unpaired) electrons. The first-order chi connectivity index (χ1) is 9.61. The van der Waals surface area contributed by atoms with Gasteiger partial charge in [-0.15, -0.1) is 0 Å². The maximum absolute atomic E-state index is 14.1. The van der Waals surface area contributed by atoms with Crippen LogP contribution in [0.2, 0.25) is 5.02 Å². The number of aromatic nitrogens is 4. The van der Waals surface area contributed by atoms with Gasteiger partial charge in [-0.25, -0.2) is 9.37 Å². The second-order valence-corrected chi connectivity index (χ2v) is 4.77. The predicted molar refractivity (Wildman–Crippen MR) is 75.6 cm³/mol. The van der Waals surface area contributed by atoms with E-state index in [2.05, 4.69) is 15.0 Å². The fourth-order valence-electron chi connectivity index (χ4n) is 1.94. The lowest BCUT2D eigenvalue weighted by molar-refractivity contribution is 0.401. The van der Waals surface area contributed by atoms with Crippen LogP contribution in [0.5, 0.6) is 5.88 Å². The molecule has 0 bridgehead atoms. The SMILES string of the molecule is COc1ncnc2c1[nH]c(=S)n2-c1ccc(Cl)cc1F.